The van der Waals surface area contributed by atoms with E-state index in [4.69, 9.17) is 17.2 Å². The third-order valence-electron chi connectivity index (χ3n) is 4.01. The van der Waals surface area contributed by atoms with E-state index < -0.39 is 23.5 Å². The van der Waals surface area contributed by atoms with Crippen molar-refractivity contribution in [2.75, 3.05) is 16.4 Å². The van der Waals surface area contributed by atoms with Gasteiger partial charge >= 0.3 is 12.2 Å². The van der Waals surface area contributed by atoms with Crippen LogP contribution in [0.1, 0.15) is 16.7 Å². The van der Waals surface area contributed by atoms with E-state index in [0.29, 0.717) is 5.56 Å². The van der Waals surface area contributed by atoms with Gasteiger partial charge in [-0.05, 0) is 30.3 Å². The average molecular weight is 412 g/mol. The third kappa shape index (κ3) is 4.25. The van der Waals surface area contributed by atoms with Gasteiger partial charge in [0.05, 0.1) is 16.9 Å². The van der Waals surface area contributed by atoms with E-state index in [1.54, 1.807) is 6.07 Å². The number of aromatic nitrogens is 2. The van der Waals surface area contributed by atoms with Gasteiger partial charge in [0.2, 0.25) is 0 Å². The van der Waals surface area contributed by atoms with Gasteiger partial charge in [0.15, 0.2) is 0 Å². The number of alkyl halides is 3. The highest BCUT2D eigenvalue weighted by molar-refractivity contribution is 5.99. The van der Waals surface area contributed by atoms with E-state index in [9.17, 15) is 18.0 Å². The van der Waals surface area contributed by atoms with Gasteiger partial charge in [-0.2, -0.15) is 13.2 Å². The Hall–Kier alpha value is -4.26. The van der Waals surface area contributed by atoms with Gasteiger partial charge in [-0.3, -0.25) is 4.90 Å². The van der Waals surface area contributed by atoms with Crippen LogP contribution in [0, 0.1) is 11.8 Å². The van der Waals surface area contributed by atoms with Crippen molar-refractivity contribution in [2.24, 2.45) is 5.73 Å². The zero-order valence-electron chi connectivity index (χ0n) is 15.3. The molecule has 6 N–H and O–H groups in total. The molecule has 1 aromatic heterocycles. The molecule has 0 saturated carbocycles. The van der Waals surface area contributed by atoms with Crippen LogP contribution >= 0.6 is 0 Å². The van der Waals surface area contributed by atoms with Gasteiger partial charge < -0.3 is 17.2 Å². The smallest absolute Gasteiger partial charge is 0.382 e. The van der Waals surface area contributed by atoms with E-state index in [1.807, 2.05) is 0 Å². The lowest BCUT2D eigenvalue weighted by Gasteiger charge is -2.24. The average Bonchev–Trinajstić information content (AvgIpc) is 2.67. The van der Waals surface area contributed by atoms with Crippen molar-refractivity contribution < 1.29 is 18.0 Å². The number of primary amides is 1. The highest BCUT2D eigenvalue weighted by Crippen LogP contribution is 2.39. The number of nitrogen functional groups attached to an aromatic ring is 2. The van der Waals surface area contributed by atoms with Crippen LogP contribution in [0.2, 0.25) is 0 Å². The number of hydrogen-bond acceptors (Lipinski definition) is 5. The largest absolute Gasteiger partial charge is 0.418 e. The highest BCUT2D eigenvalue weighted by Gasteiger charge is 2.35. The van der Waals surface area contributed by atoms with Crippen molar-refractivity contribution in [3.63, 3.8) is 0 Å². The fraction of sp³-hybridized carbons (Fsp3) is 0.0500. The summed E-state index contributed by atoms with van der Waals surface area (Å²) in [4.78, 5) is 20.4. The van der Waals surface area contributed by atoms with Crippen LogP contribution in [0.5, 0.6) is 0 Å². The van der Waals surface area contributed by atoms with Gasteiger partial charge in [-0.1, -0.05) is 30.0 Å². The summed E-state index contributed by atoms with van der Waals surface area (Å²) >= 11 is 0. The molecule has 152 valence electrons. The Morgan fingerprint density at radius 1 is 0.967 bits per heavy atom. The molecule has 0 unspecified atom stereocenters. The number of para-hydroxylation sites is 1. The number of anilines is 4. The first-order valence-corrected chi connectivity index (χ1v) is 8.42. The van der Waals surface area contributed by atoms with Gasteiger partial charge in [-0.25, -0.2) is 14.8 Å². The third-order valence-corrected chi connectivity index (χ3v) is 4.01. The first-order chi connectivity index (χ1) is 14.2. The quantitative estimate of drug-likeness (QED) is 0.557. The lowest BCUT2D eigenvalue weighted by Crippen LogP contribution is -2.33. The predicted octanol–water partition coefficient (Wildman–Crippen LogP) is 3.28. The van der Waals surface area contributed by atoms with Gasteiger partial charge in [0, 0.05) is 5.56 Å². The Kier molecular flexibility index (Phi) is 5.46. The van der Waals surface area contributed by atoms with Gasteiger partial charge in [0.1, 0.15) is 23.5 Å². The van der Waals surface area contributed by atoms with E-state index in [1.165, 1.54) is 36.7 Å². The zero-order valence-corrected chi connectivity index (χ0v) is 15.3. The number of carbonyl (C=O) groups is 1. The first-order valence-electron chi connectivity index (χ1n) is 8.42. The topological polar surface area (TPSA) is 124 Å². The molecule has 0 bridgehead atoms. The maximum atomic E-state index is 13.4. The molecule has 0 atom stereocenters. The summed E-state index contributed by atoms with van der Waals surface area (Å²) in [5.41, 5.74) is 16.2. The minimum absolute atomic E-state index is 0.0871. The molecular formula is C20H15F3N6O. The Morgan fingerprint density at radius 2 is 1.63 bits per heavy atom. The number of amides is 2. The Bertz CT molecular complexity index is 1150. The number of urea groups is 1. The molecule has 3 rings (SSSR count). The summed E-state index contributed by atoms with van der Waals surface area (Å²) in [6.45, 7) is 0. The minimum Gasteiger partial charge on any atom is -0.382 e. The number of hydrogen-bond donors (Lipinski definition) is 3. The second-order valence-electron chi connectivity index (χ2n) is 6.01. The molecule has 2 aromatic carbocycles. The van der Waals surface area contributed by atoms with Crippen molar-refractivity contribution in [3.8, 4) is 11.8 Å². The molecule has 10 heteroatoms. The zero-order chi connectivity index (χ0) is 21.9. The Balaban J connectivity index is 2.07. The molecule has 30 heavy (non-hydrogen) atoms. The van der Waals surface area contributed by atoms with Crippen molar-refractivity contribution in [1.29, 1.82) is 0 Å². The summed E-state index contributed by atoms with van der Waals surface area (Å²) in [7, 11) is 0. The van der Waals surface area contributed by atoms with Gasteiger partial charge in [0.25, 0.3) is 0 Å². The summed E-state index contributed by atoms with van der Waals surface area (Å²) in [6.07, 6.45) is -3.48. The normalized spacial score (nSPS) is 10.8. The Labute approximate surface area is 169 Å². The lowest BCUT2D eigenvalue weighted by molar-refractivity contribution is -0.137. The van der Waals surface area contributed by atoms with Crippen LogP contribution in [-0.4, -0.2) is 16.0 Å². The number of halogens is 3. The summed E-state index contributed by atoms with van der Waals surface area (Å²) in [6, 6.07) is 9.54. The van der Waals surface area contributed by atoms with E-state index in [-0.39, 0.29) is 22.9 Å². The molecule has 0 saturated heterocycles. The second kappa shape index (κ2) is 8.00. The summed E-state index contributed by atoms with van der Waals surface area (Å²) in [5.74, 6) is 5.68. The van der Waals surface area contributed by atoms with Crippen molar-refractivity contribution >= 4 is 29.0 Å². The van der Waals surface area contributed by atoms with Crippen LogP contribution in [0.15, 0.2) is 54.9 Å². The monoisotopic (exact) mass is 412 g/mol. The minimum atomic E-state index is -4.68. The van der Waals surface area contributed by atoms with Crippen LogP contribution in [0.4, 0.5) is 41.0 Å². The van der Waals surface area contributed by atoms with Crippen LogP contribution < -0.4 is 22.1 Å². The van der Waals surface area contributed by atoms with Crippen molar-refractivity contribution in [2.45, 2.75) is 6.18 Å². The maximum Gasteiger partial charge on any atom is 0.418 e. The molecule has 0 radical (unpaired) electrons. The van der Waals surface area contributed by atoms with Crippen LogP contribution in [-0.2, 0) is 6.18 Å². The number of nitrogens with zero attached hydrogens (tertiary/aromatic N) is 3. The van der Waals surface area contributed by atoms with E-state index >= 15 is 0 Å². The molecule has 3 aromatic rings. The summed E-state index contributed by atoms with van der Waals surface area (Å²) in [5, 5.41) is 0. The second-order valence-corrected chi connectivity index (χ2v) is 6.01. The van der Waals surface area contributed by atoms with Crippen LogP contribution in [0.25, 0.3) is 0 Å². The highest BCUT2D eigenvalue weighted by atomic mass is 19.4. The molecule has 0 aliphatic heterocycles. The fourth-order valence-corrected chi connectivity index (χ4v) is 2.69. The molecule has 2 amide bonds. The number of rotatable bonds is 2. The molecule has 0 spiro atoms. The van der Waals surface area contributed by atoms with Gasteiger partial charge in [-0.15, -0.1) is 0 Å². The molecular weight excluding hydrogens is 397 g/mol. The maximum absolute atomic E-state index is 13.4. The molecule has 0 aliphatic rings. The van der Waals surface area contributed by atoms with E-state index in [2.05, 4.69) is 21.8 Å². The number of nitrogens with two attached hydrogens (primary N) is 3. The fourth-order valence-electron chi connectivity index (χ4n) is 2.69. The van der Waals surface area contributed by atoms with Crippen molar-refractivity contribution in [1.82, 2.24) is 9.97 Å². The molecule has 0 fully saturated rings. The summed E-state index contributed by atoms with van der Waals surface area (Å²) < 4.78 is 40.2. The van der Waals surface area contributed by atoms with Crippen molar-refractivity contribution in [3.05, 3.63) is 71.5 Å². The van der Waals surface area contributed by atoms with E-state index in [0.717, 1.165) is 17.0 Å². The SMILES string of the molecule is NC(=O)N(c1cccc(C#Cc2c(N)ncnc2N)c1)c1ccccc1C(F)(F)F. The molecule has 1 heterocycles. The molecule has 7 nitrogen and oxygen atoms in total. The number of benzene rings is 2. The lowest BCUT2D eigenvalue weighted by atomic mass is 10.1. The standard InChI is InChI=1S/C20H15F3N6O/c21-20(22,23)15-6-1-2-7-16(15)29(19(26)30)13-5-3-4-12(10-13)8-9-14-17(24)27-11-28-18(14)25/h1-7,10-11H,(H2,26,30)(H4,24,25,27,28). The molecule has 0 aliphatic carbocycles. The predicted molar refractivity (Wildman–Crippen MR) is 106 cm³/mol. The Morgan fingerprint density at radius 3 is 2.27 bits per heavy atom. The first kappa shape index (κ1) is 20.5. The number of carbonyl (C=O) groups excluding carboxylic acids is 1. The van der Waals surface area contributed by atoms with Crippen LogP contribution in [0.3, 0.4) is 0 Å².